The number of aryl methyl sites for hydroxylation is 1. The van der Waals surface area contributed by atoms with E-state index in [4.69, 9.17) is 10.9 Å². The fourth-order valence-corrected chi connectivity index (χ4v) is 1.38. The number of amidine groups is 1. The lowest BCUT2D eigenvalue weighted by atomic mass is 10.1. The number of rotatable bonds is 5. The molecule has 1 rings (SSSR count). The van der Waals surface area contributed by atoms with E-state index < -0.39 is 6.04 Å². The summed E-state index contributed by atoms with van der Waals surface area (Å²) < 4.78 is 0. The van der Waals surface area contributed by atoms with Crippen LogP contribution in [-0.2, 0) is 11.2 Å². The molecule has 0 spiro atoms. The highest BCUT2D eigenvalue weighted by Gasteiger charge is 2.10. The van der Waals surface area contributed by atoms with Gasteiger partial charge in [-0.3, -0.25) is 4.79 Å². The van der Waals surface area contributed by atoms with Crippen molar-refractivity contribution in [1.29, 1.82) is 0 Å². The SMILES string of the molecule is CC(NC(=O)CCc1ccccc1)/C(N)=N/O. The Hall–Kier alpha value is -2.04. The summed E-state index contributed by atoms with van der Waals surface area (Å²) in [6.45, 7) is 1.66. The van der Waals surface area contributed by atoms with E-state index in [1.54, 1.807) is 6.92 Å². The van der Waals surface area contributed by atoms with Gasteiger partial charge in [-0.05, 0) is 18.9 Å². The maximum Gasteiger partial charge on any atom is 0.220 e. The summed E-state index contributed by atoms with van der Waals surface area (Å²) in [5.74, 6) is -0.119. The van der Waals surface area contributed by atoms with Gasteiger partial charge in [0.15, 0.2) is 5.84 Å². The third-order valence-corrected chi connectivity index (χ3v) is 2.42. The first-order valence-corrected chi connectivity index (χ1v) is 5.44. The van der Waals surface area contributed by atoms with Crippen LogP contribution in [0.1, 0.15) is 18.9 Å². The number of carbonyl (C=O) groups is 1. The Morgan fingerprint density at radius 3 is 2.71 bits per heavy atom. The van der Waals surface area contributed by atoms with Gasteiger partial charge in [0.2, 0.25) is 5.91 Å². The van der Waals surface area contributed by atoms with Crippen molar-refractivity contribution in [1.82, 2.24) is 5.32 Å². The Bertz CT molecular complexity index is 390. The van der Waals surface area contributed by atoms with Crippen LogP contribution in [-0.4, -0.2) is 23.0 Å². The van der Waals surface area contributed by atoms with Gasteiger partial charge in [0, 0.05) is 6.42 Å². The molecule has 1 unspecified atom stereocenters. The van der Waals surface area contributed by atoms with Gasteiger partial charge < -0.3 is 16.3 Å². The second kappa shape index (κ2) is 6.52. The molecule has 0 aliphatic heterocycles. The number of nitrogens with two attached hydrogens (primary N) is 1. The van der Waals surface area contributed by atoms with E-state index in [1.165, 1.54) is 0 Å². The maximum atomic E-state index is 11.5. The Balaban J connectivity index is 2.36. The largest absolute Gasteiger partial charge is 0.409 e. The molecule has 0 heterocycles. The molecular formula is C12H17N3O2. The topological polar surface area (TPSA) is 87.7 Å². The van der Waals surface area contributed by atoms with Gasteiger partial charge >= 0.3 is 0 Å². The van der Waals surface area contributed by atoms with Crippen LogP contribution in [0.3, 0.4) is 0 Å². The fourth-order valence-electron chi connectivity index (χ4n) is 1.38. The molecule has 0 fully saturated rings. The van der Waals surface area contributed by atoms with Crippen LogP contribution in [0, 0.1) is 0 Å². The average molecular weight is 235 g/mol. The van der Waals surface area contributed by atoms with Crippen LogP contribution < -0.4 is 11.1 Å². The third kappa shape index (κ3) is 4.55. The summed E-state index contributed by atoms with van der Waals surface area (Å²) in [5.41, 5.74) is 6.47. The zero-order chi connectivity index (χ0) is 12.7. The number of hydrogen-bond donors (Lipinski definition) is 3. The van der Waals surface area contributed by atoms with Crippen molar-refractivity contribution in [3.63, 3.8) is 0 Å². The van der Waals surface area contributed by atoms with E-state index in [0.29, 0.717) is 12.8 Å². The first kappa shape index (κ1) is 13.0. The zero-order valence-corrected chi connectivity index (χ0v) is 9.76. The van der Waals surface area contributed by atoms with Crippen LogP contribution in [0.4, 0.5) is 0 Å². The molecule has 0 aliphatic rings. The second-order valence-corrected chi connectivity index (χ2v) is 3.80. The van der Waals surface area contributed by atoms with Crippen LogP contribution in [0.15, 0.2) is 35.5 Å². The summed E-state index contributed by atoms with van der Waals surface area (Å²) in [6, 6.07) is 9.30. The van der Waals surface area contributed by atoms with Crippen LogP contribution in [0.25, 0.3) is 0 Å². The van der Waals surface area contributed by atoms with Gasteiger partial charge in [0.25, 0.3) is 0 Å². The lowest BCUT2D eigenvalue weighted by Crippen LogP contribution is -2.42. The van der Waals surface area contributed by atoms with Gasteiger partial charge in [0.05, 0.1) is 6.04 Å². The van der Waals surface area contributed by atoms with Crippen molar-refractivity contribution in [2.45, 2.75) is 25.8 Å². The van der Waals surface area contributed by atoms with E-state index in [0.717, 1.165) is 5.56 Å². The van der Waals surface area contributed by atoms with Crippen molar-refractivity contribution in [3.05, 3.63) is 35.9 Å². The van der Waals surface area contributed by atoms with Crippen molar-refractivity contribution in [2.75, 3.05) is 0 Å². The number of amides is 1. The van der Waals surface area contributed by atoms with Crippen LogP contribution in [0.5, 0.6) is 0 Å². The molecule has 0 saturated carbocycles. The lowest BCUT2D eigenvalue weighted by molar-refractivity contribution is -0.121. The molecule has 0 bridgehead atoms. The zero-order valence-electron chi connectivity index (χ0n) is 9.76. The van der Waals surface area contributed by atoms with Gasteiger partial charge in [0.1, 0.15) is 0 Å². The maximum absolute atomic E-state index is 11.5. The Kier molecular flexibility index (Phi) is 5.00. The molecule has 1 aromatic carbocycles. The van der Waals surface area contributed by atoms with Crippen molar-refractivity contribution in [3.8, 4) is 0 Å². The molecule has 17 heavy (non-hydrogen) atoms. The smallest absolute Gasteiger partial charge is 0.220 e. The summed E-state index contributed by atoms with van der Waals surface area (Å²) in [5, 5.41) is 13.9. The number of nitrogens with zero attached hydrogens (tertiary/aromatic N) is 1. The molecule has 1 amide bonds. The number of benzene rings is 1. The molecule has 5 nitrogen and oxygen atoms in total. The number of nitrogens with one attached hydrogen (secondary N) is 1. The monoisotopic (exact) mass is 235 g/mol. The molecular weight excluding hydrogens is 218 g/mol. The van der Waals surface area contributed by atoms with Crippen molar-refractivity contribution >= 4 is 11.7 Å². The molecule has 1 aromatic rings. The number of carbonyl (C=O) groups excluding carboxylic acids is 1. The van der Waals surface area contributed by atoms with Gasteiger partial charge in [-0.15, -0.1) is 0 Å². The third-order valence-electron chi connectivity index (χ3n) is 2.42. The molecule has 0 saturated heterocycles. The normalized spacial score (nSPS) is 13.1. The van der Waals surface area contributed by atoms with Crippen LogP contribution >= 0.6 is 0 Å². The number of oxime groups is 1. The van der Waals surface area contributed by atoms with Gasteiger partial charge in [-0.2, -0.15) is 0 Å². The van der Waals surface area contributed by atoms with Crippen molar-refractivity contribution < 1.29 is 10.0 Å². The minimum absolute atomic E-state index is 0.00180. The van der Waals surface area contributed by atoms with Crippen molar-refractivity contribution in [2.24, 2.45) is 10.9 Å². The average Bonchev–Trinajstić information content (AvgIpc) is 2.36. The molecule has 0 aliphatic carbocycles. The van der Waals surface area contributed by atoms with E-state index in [9.17, 15) is 4.79 Å². The standard InChI is InChI=1S/C12H17N3O2/c1-9(12(13)15-17)14-11(16)8-7-10-5-3-2-4-6-10/h2-6,9,17H,7-8H2,1H3,(H2,13,15)(H,14,16). The summed E-state index contributed by atoms with van der Waals surface area (Å²) in [7, 11) is 0. The van der Waals surface area contributed by atoms with E-state index >= 15 is 0 Å². The van der Waals surface area contributed by atoms with Crippen LogP contribution in [0.2, 0.25) is 0 Å². The minimum atomic E-state index is -0.455. The molecule has 1 atom stereocenters. The van der Waals surface area contributed by atoms with E-state index in [-0.39, 0.29) is 11.7 Å². The van der Waals surface area contributed by atoms with Gasteiger partial charge in [-0.1, -0.05) is 35.5 Å². The number of hydrogen-bond acceptors (Lipinski definition) is 3. The molecule has 92 valence electrons. The minimum Gasteiger partial charge on any atom is -0.409 e. The fraction of sp³-hybridized carbons (Fsp3) is 0.333. The predicted octanol–water partition coefficient (Wildman–Crippen LogP) is 0.870. The summed E-state index contributed by atoms with van der Waals surface area (Å²) in [4.78, 5) is 11.5. The summed E-state index contributed by atoms with van der Waals surface area (Å²) in [6.07, 6.45) is 1.06. The highest BCUT2D eigenvalue weighted by atomic mass is 16.4. The summed E-state index contributed by atoms with van der Waals surface area (Å²) >= 11 is 0. The Morgan fingerprint density at radius 2 is 2.12 bits per heavy atom. The Morgan fingerprint density at radius 1 is 1.47 bits per heavy atom. The van der Waals surface area contributed by atoms with E-state index in [1.807, 2.05) is 30.3 Å². The van der Waals surface area contributed by atoms with Gasteiger partial charge in [-0.25, -0.2) is 0 Å². The first-order chi connectivity index (χ1) is 8.13. The molecule has 0 radical (unpaired) electrons. The molecule has 4 N–H and O–H groups in total. The highest BCUT2D eigenvalue weighted by molar-refractivity contribution is 5.89. The molecule has 0 aromatic heterocycles. The Labute approximate surface area is 100 Å². The van der Waals surface area contributed by atoms with E-state index in [2.05, 4.69) is 10.5 Å². The first-order valence-electron chi connectivity index (χ1n) is 5.44. The quantitative estimate of drug-likeness (QED) is 0.306. The highest BCUT2D eigenvalue weighted by Crippen LogP contribution is 2.02. The lowest BCUT2D eigenvalue weighted by Gasteiger charge is -2.11. The predicted molar refractivity (Wildman–Crippen MR) is 65.8 cm³/mol. The second-order valence-electron chi connectivity index (χ2n) is 3.80. The molecule has 5 heteroatoms.